The van der Waals surface area contributed by atoms with E-state index in [4.69, 9.17) is 0 Å². The Morgan fingerprint density at radius 2 is 1.40 bits per heavy atom. The molecule has 1 nitrogen and oxygen atoms in total. The number of allylic oxidation sites excluding steroid dienone is 1. The van der Waals surface area contributed by atoms with E-state index in [0.717, 1.165) is 6.42 Å². The first-order valence-corrected chi connectivity index (χ1v) is 7.34. The van der Waals surface area contributed by atoms with E-state index >= 15 is 0 Å². The van der Waals surface area contributed by atoms with Crippen LogP contribution in [-0.2, 0) is 5.41 Å². The van der Waals surface area contributed by atoms with Gasteiger partial charge in [0.1, 0.15) is 0 Å². The Morgan fingerprint density at radius 1 is 0.900 bits per heavy atom. The van der Waals surface area contributed by atoms with Crippen LogP contribution in [0.2, 0.25) is 0 Å². The minimum absolute atomic E-state index is 0.0542. The summed E-state index contributed by atoms with van der Waals surface area (Å²) in [4.78, 5) is 0. The average molecular weight is 263 g/mol. The number of nitrogens with one attached hydrogen (secondary N) is 1. The first kappa shape index (κ1) is 13.0. The quantitative estimate of drug-likeness (QED) is 0.872. The molecule has 20 heavy (non-hydrogen) atoms. The zero-order valence-corrected chi connectivity index (χ0v) is 12.1. The van der Waals surface area contributed by atoms with Gasteiger partial charge in [0.05, 0.1) is 5.41 Å². The molecule has 2 aromatic carbocycles. The highest BCUT2D eigenvalue weighted by Crippen LogP contribution is 2.42. The lowest BCUT2D eigenvalue weighted by Gasteiger charge is -2.35. The zero-order chi connectivity index (χ0) is 14.0. The molecule has 1 heterocycles. The van der Waals surface area contributed by atoms with Crippen molar-refractivity contribution in [3.8, 4) is 0 Å². The first-order valence-electron chi connectivity index (χ1n) is 7.34. The third kappa shape index (κ3) is 1.94. The Bertz CT molecular complexity index is 559. The molecule has 1 aliphatic rings. The Kier molecular flexibility index (Phi) is 3.35. The molecule has 0 amide bonds. The second-order valence-corrected chi connectivity index (χ2v) is 5.53. The van der Waals surface area contributed by atoms with Crippen molar-refractivity contribution >= 4 is 0 Å². The summed E-state index contributed by atoms with van der Waals surface area (Å²) in [6.07, 6.45) is 3.49. The summed E-state index contributed by atoms with van der Waals surface area (Å²) < 4.78 is 0. The lowest BCUT2D eigenvalue weighted by molar-refractivity contribution is 0.453. The molecule has 0 bridgehead atoms. The fraction of sp³-hybridized carbons (Fsp3) is 0.263. The van der Waals surface area contributed by atoms with Crippen molar-refractivity contribution in [1.82, 2.24) is 5.32 Å². The Labute approximate surface area is 121 Å². The van der Waals surface area contributed by atoms with Gasteiger partial charge in [-0.1, -0.05) is 67.6 Å². The van der Waals surface area contributed by atoms with E-state index in [2.05, 4.69) is 85.9 Å². The lowest BCUT2D eigenvalue weighted by atomic mass is 9.69. The van der Waals surface area contributed by atoms with Gasteiger partial charge in [0.2, 0.25) is 0 Å². The van der Waals surface area contributed by atoms with Crippen LogP contribution in [0.4, 0.5) is 0 Å². The fourth-order valence-electron chi connectivity index (χ4n) is 3.46. The lowest BCUT2D eigenvalue weighted by Crippen LogP contribution is -2.41. The molecular formula is C19H21N. The summed E-state index contributed by atoms with van der Waals surface area (Å²) in [6.45, 7) is 4.42. The largest absolute Gasteiger partial charge is 0.385 e. The van der Waals surface area contributed by atoms with Gasteiger partial charge in [0.25, 0.3) is 0 Å². The molecule has 0 saturated carbocycles. The molecule has 2 aromatic rings. The van der Waals surface area contributed by atoms with Gasteiger partial charge in [-0.2, -0.15) is 0 Å². The van der Waals surface area contributed by atoms with Gasteiger partial charge in [0.15, 0.2) is 0 Å². The van der Waals surface area contributed by atoms with Crippen LogP contribution < -0.4 is 5.32 Å². The van der Waals surface area contributed by atoms with Crippen LogP contribution in [0.25, 0.3) is 0 Å². The van der Waals surface area contributed by atoms with E-state index in [1.807, 2.05) is 0 Å². The van der Waals surface area contributed by atoms with Crippen molar-refractivity contribution in [2.24, 2.45) is 0 Å². The van der Waals surface area contributed by atoms with E-state index in [9.17, 15) is 0 Å². The highest BCUT2D eigenvalue weighted by molar-refractivity contribution is 5.50. The summed E-state index contributed by atoms with van der Waals surface area (Å²) in [5.41, 5.74) is 3.94. The number of rotatable bonds is 3. The third-order valence-corrected chi connectivity index (χ3v) is 4.31. The SMILES string of the molecule is CCC1NC(C)=CC1(c1ccccc1)c1ccccc1. The van der Waals surface area contributed by atoms with Crippen LogP contribution in [0.5, 0.6) is 0 Å². The predicted octanol–water partition coefficient (Wildman–Crippen LogP) is 4.26. The van der Waals surface area contributed by atoms with Gasteiger partial charge >= 0.3 is 0 Å². The van der Waals surface area contributed by atoms with Crippen molar-refractivity contribution in [1.29, 1.82) is 0 Å². The standard InChI is InChI=1S/C19H21N/c1-3-18-19(14-15(2)20-18,16-10-6-4-7-11-16)17-12-8-5-9-13-17/h4-14,18,20H,3H2,1-2H3. The van der Waals surface area contributed by atoms with E-state index in [1.165, 1.54) is 16.8 Å². The molecule has 3 rings (SSSR count). The maximum absolute atomic E-state index is 3.65. The molecule has 1 atom stereocenters. The molecular weight excluding hydrogens is 242 g/mol. The molecule has 0 fully saturated rings. The highest BCUT2D eigenvalue weighted by Gasteiger charge is 2.43. The summed E-state index contributed by atoms with van der Waals surface area (Å²) in [6, 6.07) is 22.1. The molecule has 1 N–H and O–H groups in total. The molecule has 0 spiro atoms. The Hall–Kier alpha value is -2.02. The van der Waals surface area contributed by atoms with Crippen LogP contribution in [0.3, 0.4) is 0 Å². The number of hydrogen-bond donors (Lipinski definition) is 1. The van der Waals surface area contributed by atoms with Crippen molar-refractivity contribution in [2.45, 2.75) is 31.7 Å². The second kappa shape index (κ2) is 5.16. The van der Waals surface area contributed by atoms with Crippen LogP contribution >= 0.6 is 0 Å². The molecule has 0 saturated heterocycles. The number of hydrogen-bond acceptors (Lipinski definition) is 1. The van der Waals surface area contributed by atoms with E-state index < -0.39 is 0 Å². The Balaban J connectivity index is 2.24. The van der Waals surface area contributed by atoms with Crippen molar-refractivity contribution < 1.29 is 0 Å². The van der Waals surface area contributed by atoms with Gasteiger partial charge in [-0.15, -0.1) is 0 Å². The number of benzene rings is 2. The van der Waals surface area contributed by atoms with E-state index in [0.29, 0.717) is 6.04 Å². The monoisotopic (exact) mass is 263 g/mol. The van der Waals surface area contributed by atoms with Crippen molar-refractivity contribution in [3.05, 3.63) is 83.6 Å². The minimum Gasteiger partial charge on any atom is -0.385 e. The third-order valence-electron chi connectivity index (χ3n) is 4.31. The van der Waals surface area contributed by atoms with Crippen LogP contribution in [0.15, 0.2) is 72.4 Å². The van der Waals surface area contributed by atoms with Crippen molar-refractivity contribution in [3.63, 3.8) is 0 Å². The molecule has 102 valence electrons. The predicted molar refractivity (Wildman–Crippen MR) is 84.6 cm³/mol. The molecule has 0 aromatic heterocycles. The summed E-state index contributed by atoms with van der Waals surface area (Å²) >= 11 is 0. The summed E-state index contributed by atoms with van der Waals surface area (Å²) in [5.74, 6) is 0. The molecule has 1 heteroatoms. The molecule has 1 aliphatic heterocycles. The fourth-order valence-corrected chi connectivity index (χ4v) is 3.46. The van der Waals surface area contributed by atoms with Crippen LogP contribution in [-0.4, -0.2) is 6.04 Å². The summed E-state index contributed by atoms with van der Waals surface area (Å²) in [7, 11) is 0. The van der Waals surface area contributed by atoms with Gasteiger partial charge in [-0.05, 0) is 30.5 Å². The Morgan fingerprint density at radius 3 is 1.85 bits per heavy atom. The van der Waals surface area contributed by atoms with Crippen molar-refractivity contribution in [2.75, 3.05) is 0 Å². The summed E-state index contributed by atoms with van der Waals surface area (Å²) in [5, 5.41) is 3.65. The zero-order valence-electron chi connectivity index (χ0n) is 12.1. The van der Waals surface area contributed by atoms with E-state index in [-0.39, 0.29) is 5.41 Å². The molecule has 0 radical (unpaired) electrons. The topological polar surface area (TPSA) is 12.0 Å². The van der Waals surface area contributed by atoms with Gasteiger partial charge in [-0.25, -0.2) is 0 Å². The second-order valence-electron chi connectivity index (χ2n) is 5.53. The molecule has 0 aliphatic carbocycles. The van der Waals surface area contributed by atoms with Gasteiger partial charge < -0.3 is 5.32 Å². The van der Waals surface area contributed by atoms with Crippen LogP contribution in [0.1, 0.15) is 31.4 Å². The maximum Gasteiger partial charge on any atom is 0.0602 e. The minimum atomic E-state index is -0.0542. The van der Waals surface area contributed by atoms with Gasteiger partial charge in [-0.3, -0.25) is 0 Å². The van der Waals surface area contributed by atoms with Gasteiger partial charge in [0, 0.05) is 11.7 Å². The first-order chi connectivity index (χ1) is 9.77. The molecule has 1 unspecified atom stereocenters. The average Bonchev–Trinajstić information content (AvgIpc) is 2.87. The maximum atomic E-state index is 3.65. The van der Waals surface area contributed by atoms with E-state index in [1.54, 1.807) is 0 Å². The normalized spacial score (nSPS) is 20.3. The van der Waals surface area contributed by atoms with Crippen LogP contribution in [0, 0.1) is 0 Å². The smallest absolute Gasteiger partial charge is 0.0602 e. The highest BCUT2D eigenvalue weighted by atomic mass is 15.0.